The number of carbonyl (C=O) groups excluding carboxylic acids is 1. The third kappa shape index (κ3) is 1.40. The summed E-state index contributed by atoms with van der Waals surface area (Å²) in [4.78, 5) is 11.1. The number of aromatic nitrogens is 3. The Morgan fingerprint density at radius 3 is 3.00 bits per heavy atom. The number of nitrogens with two attached hydrogens (primary N) is 1. The lowest BCUT2D eigenvalue weighted by Gasteiger charge is -2.19. The molecule has 0 unspecified atom stereocenters. The van der Waals surface area contributed by atoms with Crippen molar-refractivity contribution in [2.75, 3.05) is 5.32 Å². The van der Waals surface area contributed by atoms with Crippen molar-refractivity contribution >= 4 is 11.7 Å². The molecule has 92 valence electrons. The van der Waals surface area contributed by atoms with Crippen LogP contribution in [-0.4, -0.2) is 55.7 Å². The molecule has 2 aliphatic rings. The van der Waals surface area contributed by atoms with Crippen LogP contribution >= 0.6 is 0 Å². The van der Waals surface area contributed by atoms with Gasteiger partial charge < -0.3 is 26.0 Å². The van der Waals surface area contributed by atoms with Crippen molar-refractivity contribution in [1.82, 2.24) is 15.0 Å². The van der Waals surface area contributed by atoms with E-state index < -0.39 is 30.4 Å². The summed E-state index contributed by atoms with van der Waals surface area (Å²) in [6, 6.07) is 0. The summed E-state index contributed by atoms with van der Waals surface area (Å²) in [5.41, 5.74) is 5.13. The van der Waals surface area contributed by atoms with E-state index in [4.69, 9.17) is 10.5 Å². The van der Waals surface area contributed by atoms with Gasteiger partial charge in [0.05, 0.1) is 6.54 Å². The molecule has 1 fully saturated rings. The fourth-order valence-corrected chi connectivity index (χ4v) is 2.07. The van der Waals surface area contributed by atoms with Gasteiger partial charge in [-0.15, -0.1) is 5.10 Å². The number of primary amides is 1. The van der Waals surface area contributed by atoms with Crippen molar-refractivity contribution in [2.24, 2.45) is 5.73 Å². The van der Waals surface area contributed by atoms with Crippen molar-refractivity contribution < 1.29 is 19.7 Å². The highest BCUT2D eigenvalue weighted by molar-refractivity contribution is 5.95. The van der Waals surface area contributed by atoms with E-state index in [1.165, 1.54) is 4.68 Å². The van der Waals surface area contributed by atoms with E-state index in [9.17, 15) is 15.0 Å². The minimum atomic E-state index is -1.07. The molecule has 2 aliphatic heterocycles. The van der Waals surface area contributed by atoms with Gasteiger partial charge in [-0.3, -0.25) is 4.79 Å². The van der Waals surface area contributed by atoms with Crippen LogP contribution in [0.3, 0.4) is 0 Å². The van der Waals surface area contributed by atoms with Crippen LogP contribution in [0.2, 0.25) is 0 Å². The minimum Gasteiger partial charge on any atom is -0.387 e. The van der Waals surface area contributed by atoms with E-state index in [0.29, 0.717) is 5.82 Å². The number of rotatable bonds is 1. The molecule has 0 aromatic carbocycles. The molecule has 1 saturated heterocycles. The summed E-state index contributed by atoms with van der Waals surface area (Å²) in [7, 11) is 0. The molecular formula is C8H11N5O4. The van der Waals surface area contributed by atoms with Crippen molar-refractivity contribution in [1.29, 1.82) is 0 Å². The predicted molar refractivity (Wildman–Crippen MR) is 52.8 cm³/mol. The molecule has 9 heteroatoms. The van der Waals surface area contributed by atoms with Gasteiger partial charge in [-0.05, 0) is 0 Å². The van der Waals surface area contributed by atoms with Gasteiger partial charge >= 0.3 is 0 Å². The highest BCUT2D eigenvalue weighted by atomic mass is 16.6. The fraction of sp³-hybridized carbons (Fsp3) is 0.625. The number of hydrogen-bond donors (Lipinski definition) is 4. The maximum atomic E-state index is 11.1. The van der Waals surface area contributed by atoms with Gasteiger partial charge in [0.1, 0.15) is 18.3 Å². The molecule has 4 atom stereocenters. The average molecular weight is 241 g/mol. The Bertz CT molecular complexity index is 474. The molecular weight excluding hydrogens is 230 g/mol. The number of nitrogens with one attached hydrogen (secondary N) is 1. The maximum absolute atomic E-state index is 11.1. The Balaban J connectivity index is 2.01. The van der Waals surface area contributed by atoms with E-state index in [1.54, 1.807) is 0 Å². The van der Waals surface area contributed by atoms with Crippen LogP contribution in [0.25, 0.3) is 0 Å². The van der Waals surface area contributed by atoms with E-state index in [0.717, 1.165) is 0 Å². The van der Waals surface area contributed by atoms with Gasteiger partial charge in [-0.2, -0.15) is 0 Å². The van der Waals surface area contributed by atoms with Crippen molar-refractivity contribution in [2.45, 2.75) is 31.1 Å². The van der Waals surface area contributed by atoms with Crippen molar-refractivity contribution in [3.63, 3.8) is 0 Å². The summed E-state index contributed by atoms with van der Waals surface area (Å²) in [6.07, 6.45) is -3.45. The molecule has 2 bridgehead atoms. The first-order valence-electron chi connectivity index (χ1n) is 5.09. The molecule has 5 N–H and O–H groups in total. The molecule has 9 nitrogen and oxygen atoms in total. The second-order valence-corrected chi connectivity index (χ2v) is 4.05. The van der Waals surface area contributed by atoms with Crippen LogP contribution in [0.1, 0.15) is 10.5 Å². The Hall–Kier alpha value is -1.71. The Labute approximate surface area is 95.2 Å². The second kappa shape index (κ2) is 3.39. The van der Waals surface area contributed by atoms with Crippen LogP contribution < -0.4 is 11.1 Å². The topological polar surface area (TPSA) is 136 Å². The SMILES string of the molecule is NC(=O)c1nnn2c1N[C@H]1O[C@@H](C2)[C@@H](O)[C@H]1O. The zero-order valence-electron chi connectivity index (χ0n) is 8.65. The van der Waals surface area contributed by atoms with Gasteiger partial charge in [0, 0.05) is 0 Å². The molecule has 0 saturated carbocycles. The number of fused-ring (bicyclic) bond motifs is 3. The van der Waals surface area contributed by atoms with Gasteiger partial charge in [-0.1, -0.05) is 5.21 Å². The van der Waals surface area contributed by atoms with Crippen LogP contribution in [0.5, 0.6) is 0 Å². The average Bonchev–Trinajstić information content (AvgIpc) is 2.70. The summed E-state index contributed by atoms with van der Waals surface area (Å²) in [6.45, 7) is 0.192. The molecule has 17 heavy (non-hydrogen) atoms. The molecule has 0 radical (unpaired) electrons. The lowest BCUT2D eigenvalue weighted by molar-refractivity contribution is 0.0108. The van der Waals surface area contributed by atoms with E-state index >= 15 is 0 Å². The van der Waals surface area contributed by atoms with Crippen LogP contribution in [0.4, 0.5) is 5.82 Å². The first kappa shape index (κ1) is 10.4. The number of amides is 1. The van der Waals surface area contributed by atoms with Crippen LogP contribution in [0, 0.1) is 0 Å². The van der Waals surface area contributed by atoms with E-state index in [-0.39, 0.29) is 12.2 Å². The van der Waals surface area contributed by atoms with Crippen LogP contribution in [0.15, 0.2) is 0 Å². The lowest BCUT2D eigenvalue weighted by atomic mass is 10.1. The largest absolute Gasteiger partial charge is 0.387 e. The standard InChI is InChI=1S/C8H11N5O4/c9-6(16)3-7-10-8-5(15)4(14)2(17-8)1-13(7)12-11-3/h2,4-5,8,10,14-15H,1H2,(H2,9,16)/t2-,4+,5+,8-/m0/s1. The Kier molecular flexibility index (Phi) is 2.08. The molecule has 0 aliphatic carbocycles. The van der Waals surface area contributed by atoms with Crippen LogP contribution in [-0.2, 0) is 11.3 Å². The predicted octanol–water partition coefficient (Wildman–Crippen LogP) is -2.75. The quantitative estimate of drug-likeness (QED) is 0.418. The summed E-state index contributed by atoms with van der Waals surface area (Å²) < 4.78 is 6.76. The van der Waals surface area contributed by atoms with E-state index in [2.05, 4.69) is 15.6 Å². The third-order valence-electron chi connectivity index (χ3n) is 2.96. The number of carbonyl (C=O) groups is 1. The summed E-state index contributed by atoms with van der Waals surface area (Å²) in [5.74, 6) is -0.414. The number of hydrogen-bond acceptors (Lipinski definition) is 7. The van der Waals surface area contributed by atoms with Gasteiger partial charge in [0.25, 0.3) is 5.91 Å². The van der Waals surface area contributed by atoms with E-state index in [1.807, 2.05) is 0 Å². The monoisotopic (exact) mass is 241 g/mol. The zero-order chi connectivity index (χ0) is 12.2. The number of aliphatic hydroxyl groups is 2. The fourth-order valence-electron chi connectivity index (χ4n) is 2.07. The molecule has 1 aromatic rings. The van der Waals surface area contributed by atoms with Gasteiger partial charge in [-0.25, -0.2) is 4.68 Å². The normalized spacial score (nSPS) is 34.9. The van der Waals surface area contributed by atoms with Crippen molar-refractivity contribution in [3.8, 4) is 0 Å². The zero-order valence-corrected chi connectivity index (χ0v) is 8.65. The summed E-state index contributed by atoms with van der Waals surface area (Å²) >= 11 is 0. The minimum absolute atomic E-state index is 0.0113. The first-order chi connectivity index (χ1) is 8.08. The molecule has 3 heterocycles. The maximum Gasteiger partial charge on any atom is 0.273 e. The highest BCUT2D eigenvalue weighted by Crippen LogP contribution is 2.29. The Morgan fingerprint density at radius 2 is 2.29 bits per heavy atom. The highest BCUT2D eigenvalue weighted by Gasteiger charge is 2.46. The molecule has 3 rings (SSSR count). The first-order valence-corrected chi connectivity index (χ1v) is 5.09. The molecule has 1 aromatic heterocycles. The van der Waals surface area contributed by atoms with Gasteiger partial charge in [0.2, 0.25) is 0 Å². The number of aliphatic hydroxyl groups excluding tert-OH is 2. The number of ether oxygens (including phenoxy) is 1. The third-order valence-corrected chi connectivity index (χ3v) is 2.96. The lowest BCUT2D eigenvalue weighted by Crippen LogP contribution is -2.39. The van der Waals surface area contributed by atoms with Crippen molar-refractivity contribution in [3.05, 3.63) is 5.69 Å². The number of nitrogens with zero attached hydrogens (tertiary/aromatic N) is 3. The second-order valence-electron chi connectivity index (χ2n) is 4.05. The molecule has 1 amide bonds. The number of anilines is 1. The summed E-state index contributed by atoms with van der Waals surface area (Å²) in [5, 5.41) is 29.5. The van der Waals surface area contributed by atoms with Gasteiger partial charge in [0.15, 0.2) is 17.7 Å². The Morgan fingerprint density at radius 1 is 1.53 bits per heavy atom. The smallest absolute Gasteiger partial charge is 0.273 e. The molecule has 0 spiro atoms.